The van der Waals surface area contributed by atoms with Crippen LogP contribution in [0.2, 0.25) is 0 Å². The summed E-state index contributed by atoms with van der Waals surface area (Å²) in [7, 11) is 0. The average molecular weight is 161 g/mol. The zero-order chi connectivity index (χ0) is 8.97. The van der Waals surface area contributed by atoms with Crippen LogP contribution in [-0.4, -0.2) is 11.5 Å². The van der Waals surface area contributed by atoms with Gasteiger partial charge in [0.2, 0.25) is 0 Å². The molecule has 0 aliphatic carbocycles. The lowest BCUT2D eigenvalue weighted by atomic mass is 10.2. The van der Waals surface area contributed by atoms with Gasteiger partial charge < -0.3 is 5.32 Å². The SMILES string of the molecule is CCNc1ccc(C)c(C#N)n1. The molecule has 0 aliphatic rings. The zero-order valence-corrected chi connectivity index (χ0v) is 7.26. The molecule has 3 nitrogen and oxygen atoms in total. The second-order valence-electron chi connectivity index (χ2n) is 2.50. The summed E-state index contributed by atoms with van der Waals surface area (Å²) in [4.78, 5) is 4.11. The summed E-state index contributed by atoms with van der Waals surface area (Å²) in [6.45, 7) is 4.69. The van der Waals surface area contributed by atoms with Crippen molar-refractivity contribution in [2.75, 3.05) is 11.9 Å². The smallest absolute Gasteiger partial charge is 0.145 e. The van der Waals surface area contributed by atoms with Crippen molar-refractivity contribution < 1.29 is 0 Å². The summed E-state index contributed by atoms with van der Waals surface area (Å²) < 4.78 is 0. The Hall–Kier alpha value is -1.56. The van der Waals surface area contributed by atoms with Gasteiger partial charge in [-0.3, -0.25) is 0 Å². The third-order valence-corrected chi connectivity index (χ3v) is 1.56. The maximum absolute atomic E-state index is 8.67. The minimum Gasteiger partial charge on any atom is -0.370 e. The molecule has 1 heterocycles. The van der Waals surface area contributed by atoms with E-state index in [1.165, 1.54) is 0 Å². The van der Waals surface area contributed by atoms with Crippen LogP contribution >= 0.6 is 0 Å². The molecule has 1 N–H and O–H groups in total. The first kappa shape index (κ1) is 8.54. The van der Waals surface area contributed by atoms with Crippen LogP contribution in [-0.2, 0) is 0 Å². The molecule has 0 unspecified atom stereocenters. The van der Waals surface area contributed by atoms with E-state index in [2.05, 4.69) is 10.3 Å². The predicted molar refractivity (Wildman–Crippen MR) is 47.9 cm³/mol. The molecule has 0 spiro atoms. The van der Waals surface area contributed by atoms with Gasteiger partial charge >= 0.3 is 0 Å². The summed E-state index contributed by atoms with van der Waals surface area (Å²) in [5.74, 6) is 0.764. The highest BCUT2D eigenvalue weighted by Gasteiger charge is 1.98. The molecule has 1 aromatic heterocycles. The minimum atomic E-state index is 0.494. The summed E-state index contributed by atoms with van der Waals surface area (Å²) in [5.41, 5.74) is 1.41. The van der Waals surface area contributed by atoms with E-state index in [-0.39, 0.29) is 0 Å². The van der Waals surface area contributed by atoms with Gasteiger partial charge in [0.05, 0.1) is 0 Å². The highest BCUT2D eigenvalue weighted by atomic mass is 15.0. The number of aryl methyl sites for hydroxylation is 1. The molecular weight excluding hydrogens is 150 g/mol. The topological polar surface area (TPSA) is 48.7 Å². The molecule has 1 rings (SSSR count). The third kappa shape index (κ3) is 1.73. The van der Waals surface area contributed by atoms with Gasteiger partial charge in [-0.25, -0.2) is 4.98 Å². The standard InChI is InChI=1S/C9H11N3/c1-3-11-9-5-4-7(2)8(6-10)12-9/h4-5H,3H2,1-2H3,(H,11,12). The molecule has 0 aliphatic heterocycles. The third-order valence-electron chi connectivity index (χ3n) is 1.56. The van der Waals surface area contributed by atoms with E-state index in [1.54, 1.807) is 0 Å². The minimum absolute atomic E-state index is 0.494. The van der Waals surface area contributed by atoms with Crippen molar-refractivity contribution in [3.63, 3.8) is 0 Å². The summed E-state index contributed by atoms with van der Waals surface area (Å²) >= 11 is 0. The molecular formula is C9H11N3. The Bertz CT molecular complexity index is 312. The van der Waals surface area contributed by atoms with Crippen molar-refractivity contribution in [1.82, 2.24) is 4.98 Å². The first-order valence-electron chi connectivity index (χ1n) is 3.89. The Labute approximate surface area is 72.1 Å². The normalized spacial score (nSPS) is 9.08. The Morgan fingerprint density at radius 1 is 1.58 bits per heavy atom. The van der Waals surface area contributed by atoms with E-state index in [0.29, 0.717) is 5.69 Å². The number of hydrogen-bond donors (Lipinski definition) is 1. The second-order valence-corrected chi connectivity index (χ2v) is 2.50. The number of nitrogens with one attached hydrogen (secondary N) is 1. The van der Waals surface area contributed by atoms with Gasteiger partial charge in [0.25, 0.3) is 0 Å². The Kier molecular flexibility index (Phi) is 2.65. The van der Waals surface area contributed by atoms with Gasteiger partial charge in [0.15, 0.2) is 0 Å². The predicted octanol–water partition coefficient (Wildman–Crippen LogP) is 1.69. The van der Waals surface area contributed by atoms with Crippen LogP contribution in [0.25, 0.3) is 0 Å². The lowest BCUT2D eigenvalue weighted by Crippen LogP contribution is -2.00. The molecule has 0 bridgehead atoms. The van der Waals surface area contributed by atoms with Crippen LogP contribution in [0, 0.1) is 18.3 Å². The molecule has 0 atom stereocenters. The first-order valence-corrected chi connectivity index (χ1v) is 3.89. The quantitative estimate of drug-likeness (QED) is 0.718. The van der Waals surface area contributed by atoms with Gasteiger partial charge in [0, 0.05) is 6.54 Å². The average Bonchev–Trinajstić information content (AvgIpc) is 2.09. The van der Waals surface area contributed by atoms with Crippen LogP contribution in [0.3, 0.4) is 0 Å². The van der Waals surface area contributed by atoms with E-state index in [9.17, 15) is 0 Å². The van der Waals surface area contributed by atoms with Crippen LogP contribution in [0.15, 0.2) is 12.1 Å². The van der Waals surface area contributed by atoms with Crippen molar-refractivity contribution >= 4 is 5.82 Å². The van der Waals surface area contributed by atoms with E-state index >= 15 is 0 Å². The summed E-state index contributed by atoms with van der Waals surface area (Å²) in [6.07, 6.45) is 0. The number of rotatable bonds is 2. The van der Waals surface area contributed by atoms with Gasteiger partial charge in [-0.15, -0.1) is 0 Å². The first-order chi connectivity index (χ1) is 5.77. The number of anilines is 1. The fraction of sp³-hybridized carbons (Fsp3) is 0.333. The summed E-state index contributed by atoms with van der Waals surface area (Å²) in [6, 6.07) is 5.81. The Morgan fingerprint density at radius 3 is 2.92 bits per heavy atom. The highest BCUT2D eigenvalue weighted by Crippen LogP contribution is 2.08. The highest BCUT2D eigenvalue weighted by molar-refractivity contribution is 5.42. The van der Waals surface area contributed by atoms with Crippen LogP contribution in [0.4, 0.5) is 5.82 Å². The molecule has 3 heteroatoms. The maximum atomic E-state index is 8.67. The molecule has 0 saturated carbocycles. The van der Waals surface area contributed by atoms with Crippen molar-refractivity contribution in [1.29, 1.82) is 5.26 Å². The molecule has 0 fully saturated rings. The number of aromatic nitrogens is 1. The van der Waals surface area contributed by atoms with Crippen LogP contribution in [0.1, 0.15) is 18.2 Å². The number of nitriles is 1. The second kappa shape index (κ2) is 3.72. The largest absolute Gasteiger partial charge is 0.370 e. The fourth-order valence-corrected chi connectivity index (χ4v) is 0.922. The van der Waals surface area contributed by atoms with E-state index in [0.717, 1.165) is 17.9 Å². The van der Waals surface area contributed by atoms with Crippen LogP contribution < -0.4 is 5.32 Å². The van der Waals surface area contributed by atoms with Crippen molar-refractivity contribution in [3.05, 3.63) is 23.4 Å². The number of pyridine rings is 1. The molecule has 0 aromatic carbocycles. The van der Waals surface area contributed by atoms with Gasteiger partial charge in [-0.1, -0.05) is 6.07 Å². The van der Waals surface area contributed by atoms with E-state index in [4.69, 9.17) is 5.26 Å². The van der Waals surface area contributed by atoms with Gasteiger partial charge in [0.1, 0.15) is 17.6 Å². The monoisotopic (exact) mass is 161 g/mol. The Balaban J connectivity index is 2.99. The van der Waals surface area contributed by atoms with Crippen molar-refractivity contribution in [2.45, 2.75) is 13.8 Å². The summed E-state index contributed by atoms with van der Waals surface area (Å²) in [5, 5.41) is 11.7. The zero-order valence-electron chi connectivity index (χ0n) is 7.26. The van der Waals surface area contributed by atoms with Crippen molar-refractivity contribution in [3.8, 4) is 6.07 Å². The molecule has 0 saturated heterocycles. The van der Waals surface area contributed by atoms with Crippen molar-refractivity contribution in [2.24, 2.45) is 0 Å². The lowest BCUT2D eigenvalue weighted by molar-refractivity contribution is 1.13. The fourth-order valence-electron chi connectivity index (χ4n) is 0.922. The number of nitrogens with zero attached hydrogens (tertiary/aromatic N) is 2. The molecule has 1 aromatic rings. The maximum Gasteiger partial charge on any atom is 0.145 e. The molecule has 12 heavy (non-hydrogen) atoms. The van der Waals surface area contributed by atoms with Gasteiger partial charge in [-0.2, -0.15) is 5.26 Å². The molecule has 0 amide bonds. The molecule has 62 valence electrons. The number of hydrogen-bond acceptors (Lipinski definition) is 3. The van der Waals surface area contributed by atoms with E-state index in [1.807, 2.05) is 32.0 Å². The molecule has 0 radical (unpaired) electrons. The van der Waals surface area contributed by atoms with Gasteiger partial charge in [-0.05, 0) is 25.5 Å². The van der Waals surface area contributed by atoms with Crippen LogP contribution in [0.5, 0.6) is 0 Å². The lowest BCUT2D eigenvalue weighted by Gasteiger charge is -2.02. The van der Waals surface area contributed by atoms with E-state index < -0.39 is 0 Å². The Morgan fingerprint density at radius 2 is 2.33 bits per heavy atom.